The quantitative estimate of drug-likeness (QED) is 0.485. The van der Waals surface area contributed by atoms with Gasteiger partial charge in [-0.2, -0.15) is 0 Å². The van der Waals surface area contributed by atoms with Crippen LogP contribution in [0.3, 0.4) is 0 Å². The Morgan fingerprint density at radius 2 is 1.33 bits per heavy atom. The molecule has 0 atom stereocenters. The molecular formula is C11H14O4. The Morgan fingerprint density at radius 1 is 0.867 bits per heavy atom. The molecule has 82 valence electrons. The van der Waals surface area contributed by atoms with Gasteiger partial charge in [0, 0.05) is 0 Å². The van der Waals surface area contributed by atoms with E-state index < -0.39 is 5.78 Å². The molecular weight excluding hydrogens is 196 g/mol. The maximum Gasteiger partial charge on any atom is 0.166 e. The maximum atomic E-state index is 11.2. The normalized spacial score (nSPS) is 11.0. The van der Waals surface area contributed by atoms with Gasteiger partial charge < -0.3 is 0 Å². The van der Waals surface area contributed by atoms with Crippen LogP contribution >= 0.6 is 0 Å². The zero-order valence-corrected chi connectivity index (χ0v) is 9.12. The number of hydrogen-bond acceptors (Lipinski definition) is 4. The number of allylic oxidation sites excluding steroid dienone is 2. The molecule has 4 heteroatoms. The van der Waals surface area contributed by atoms with Gasteiger partial charge in [-0.15, -0.1) is 0 Å². The van der Waals surface area contributed by atoms with Crippen molar-refractivity contribution in [3.05, 3.63) is 11.6 Å². The third-order valence-electron chi connectivity index (χ3n) is 1.65. The van der Waals surface area contributed by atoms with Crippen LogP contribution in [0.5, 0.6) is 0 Å². The predicted molar refractivity (Wildman–Crippen MR) is 54.4 cm³/mol. The summed E-state index contributed by atoms with van der Waals surface area (Å²) < 4.78 is 0. The minimum atomic E-state index is -0.406. The van der Waals surface area contributed by atoms with Gasteiger partial charge in [-0.3, -0.25) is 19.2 Å². The lowest BCUT2D eigenvalue weighted by Crippen LogP contribution is -2.08. The topological polar surface area (TPSA) is 68.3 Å². The fraction of sp³-hybridized carbons (Fsp3) is 0.455. The van der Waals surface area contributed by atoms with Gasteiger partial charge in [0.25, 0.3) is 0 Å². The second-order valence-electron chi connectivity index (χ2n) is 3.47. The minimum absolute atomic E-state index is 0.199. The summed E-state index contributed by atoms with van der Waals surface area (Å²) in [6.45, 7) is 4.07. The predicted octanol–water partition coefficient (Wildman–Crippen LogP) is 1.03. The molecule has 0 aromatic heterocycles. The molecule has 0 aromatic carbocycles. The van der Waals surface area contributed by atoms with Crippen LogP contribution < -0.4 is 0 Å². The van der Waals surface area contributed by atoms with Gasteiger partial charge in [0.2, 0.25) is 0 Å². The van der Waals surface area contributed by atoms with Crippen molar-refractivity contribution in [2.75, 3.05) is 0 Å². The number of Topliss-reactive ketones (excluding diaryl/α,β-unsaturated/α-hetero) is 3. The van der Waals surface area contributed by atoms with Crippen molar-refractivity contribution < 1.29 is 19.2 Å². The first-order valence-corrected chi connectivity index (χ1v) is 4.56. The Hall–Kier alpha value is -1.58. The van der Waals surface area contributed by atoms with E-state index in [4.69, 9.17) is 0 Å². The fourth-order valence-corrected chi connectivity index (χ4v) is 0.984. The highest BCUT2D eigenvalue weighted by atomic mass is 16.2. The largest absolute Gasteiger partial charge is 0.300 e. The van der Waals surface area contributed by atoms with Crippen LogP contribution in [0.1, 0.15) is 33.6 Å². The molecule has 0 saturated carbocycles. The van der Waals surface area contributed by atoms with Crippen LogP contribution in [0.4, 0.5) is 0 Å². The van der Waals surface area contributed by atoms with Gasteiger partial charge in [0.15, 0.2) is 11.6 Å². The second kappa shape index (κ2) is 6.01. The van der Waals surface area contributed by atoms with Crippen molar-refractivity contribution in [2.45, 2.75) is 33.6 Å². The maximum absolute atomic E-state index is 11.2. The summed E-state index contributed by atoms with van der Waals surface area (Å²) in [4.78, 5) is 43.6. The molecule has 0 amide bonds. The first-order chi connectivity index (χ1) is 6.82. The molecule has 0 N–H and O–H groups in total. The highest BCUT2D eigenvalue weighted by Crippen LogP contribution is 2.01. The average molecular weight is 210 g/mol. The molecule has 0 aliphatic rings. The summed E-state index contributed by atoms with van der Waals surface area (Å²) in [6, 6.07) is 0. The van der Waals surface area contributed by atoms with Crippen LogP contribution in [-0.2, 0) is 19.2 Å². The molecule has 0 aliphatic carbocycles. The minimum Gasteiger partial charge on any atom is -0.300 e. The Labute approximate surface area is 88.3 Å². The van der Waals surface area contributed by atoms with E-state index in [1.54, 1.807) is 0 Å². The lowest BCUT2D eigenvalue weighted by molar-refractivity contribution is -0.126. The summed E-state index contributed by atoms with van der Waals surface area (Å²) in [5.41, 5.74) is 0.219. The molecule has 0 rings (SSSR count). The smallest absolute Gasteiger partial charge is 0.166 e. The zero-order chi connectivity index (χ0) is 12.0. The molecule has 0 bridgehead atoms. The summed E-state index contributed by atoms with van der Waals surface area (Å²) >= 11 is 0. The van der Waals surface area contributed by atoms with Crippen LogP contribution in [0, 0.1) is 0 Å². The van der Waals surface area contributed by atoms with Crippen molar-refractivity contribution >= 4 is 23.1 Å². The van der Waals surface area contributed by atoms with Gasteiger partial charge in [-0.1, -0.05) is 0 Å². The first kappa shape index (κ1) is 13.4. The van der Waals surface area contributed by atoms with Crippen LogP contribution in [0.2, 0.25) is 0 Å². The zero-order valence-electron chi connectivity index (χ0n) is 9.12. The standard InChI is InChI=1S/C11H14O4/c1-7(11(15)6-9(3)13)4-10(14)5-8(2)12/h4H,5-6H2,1-3H3/b7-4-. The Bertz CT molecular complexity index is 336. The Balaban J connectivity index is 4.42. The number of ketones is 4. The first-order valence-electron chi connectivity index (χ1n) is 4.56. The van der Waals surface area contributed by atoms with Crippen molar-refractivity contribution in [1.82, 2.24) is 0 Å². The number of rotatable bonds is 6. The van der Waals surface area contributed by atoms with Crippen molar-refractivity contribution in [3.63, 3.8) is 0 Å². The van der Waals surface area contributed by atoms with Crippen molar-refractivity contribution in [3.8, 4) is 0 Å². The summed E-state index contributed by atoms with van der Waals surface area (Å²) in [5, 5.41) is 0. The highest BCUT2D eigenvalue weighted by molar-refractivity contribution is 6.11. The molecule has 0 fully saturated rings. The molecule has 0 spiro atoms. The van der Waals surface area contributed by atoms with E-state index in [1.807, 2.05) is 0 Å². The molecule has 4 nitrogen and oxygen atoms in total. The van der Waals surface area contributed by atoms with Gasteiger partial charge in [-0.25, -0.2) is 0 Å². The number of carbonyl (C=O) groups excluding carboxylic acids is 4. The highest BCUT2D eigenvalue weighted by Gasteiger charge is 2.10. The Kier molecular flexibility index (Phi) is 5.37. The van der Waals surface area contributed by atoms with Crippen LogP contribution in [0.25, 0.3) is 0 Å². The number of carbonyl (C=O) groups is 4. The average Bonchev–Trinajstić information content (AvgIpc) is 2.00. The molecule has 15 heavy (non-hydrogen) atoms. The van der Waals surface area contributed by atoms with E-state index in [9.17, 15) is 19.2 Å². The summed E-state index contributed by atoms with van der Waals surface area (Å²) in [7, 11) is 0. The van der Waals surface area contributed by atoms with E-state index in [2.05, 4.69) is 0 Å². The number of hydrogen-bond donors (Lipinski definition) is 0. The van der Waals surface area contributed by atoms with Crippen LogP contribution in [-0.4, -0.2) is 23.1 Å². The summed E-state index contributed by atoms with van der Waals surface area (Å²) in [6.07, 6.45) is 0.715. The fourth-order valence-electron chi connectivity index (χ4n) is 0.984. The molecule has 0 radical (unpaired) electrons. The molecule has 0 aromatic rings. The Morgan fingerprint density at radius 3 is 1.73 bits per heavy atom. The monoisotopic (exact) mass is 210 g/mol. The molecule has 0 aliphatic heterocycles. The van der Waals surface area contributed by atoms with Crippen LogP contribution in [0.15, 0.2) is 11.6 Å². The van der Waals surface area contributed by atoms with Gasteiger partial charge in [0.05, 0.1) is 12.8 Å². The van der Waals surface area contributed by atoms with Crippen molar-refractivity contribution in [1.29, 1.82) is 0 Å². The third kappa shape index (κ3) is 6.49. The van der Waals surface area contributed by atoms with Crippen molar-refractivity contribution in [2.24, 2.45) is 0 Å². The second-order valence-corrected chi connectivity index (χ2v) is 3.47. The van der Waals surface area contributed by atoms with E-state index in [0.29, 0.717) is 0 Å². The molecule has 0 unspecified atom stereocenters. The van der Waals surface area contributed by atoms with Gasteiger partial charge >= 0.3 is 0 Å². The molecule has 0 saturated heterocycles. The van der Waals surface area contributed by atoms with E-state index >= 15 is 0 Å². The lowest BCUT2D eigenvalue weighted by atomic mass is 10.1. The van der Waals surface area contributed by atoms with E-state index in [1.165, 1.54) is 20.8 Å². The third-order valence-corrected chi connectivity index (χ3v) is 1.65. The summed E-state index contributed by atoms with van der Waals surface area (Å²) in [5.74, 6) is -1.27. The SMILES string of the molecule is CC(=O)CC(=O)/C=C(/C)C(=O)CC(C)=O. The van der Waals surface area contributed by atoms with E-state index in [-0.39, 0.29) is 35.8 Å². The van der Waals surface area contributed by atoms with Gasteiger partial charge in [0.1, 0.15) is 11.6 Å². The van der Waals surface area contributed by atoms with E-state index in [0.717, 1.165) is 6.08 Å². The lowest BCUT2D eigenvalue weighted by Gasteiger charge is -1.97. The molecule has 0 heterocycles. The van der Waals surface area contributed by atoms with Gasteiger partial charge in [-0.05, 0) is 32.4 Å².